The van der Waals surface area contributed by atoms with Gasteiger partial charge < -0.3 is 4.90 Å². The Morgan fingerprint density at radius 3 is 2.75 bits per heavy atom. The molecule has 32 heavy (non-hydrogen) atoms. The van der Waals surface area contributed by atoms with Crippen LogP contribution in [0.4, 0.5) is 4.39 Å². The van der Waals surface area contributed by atoms with Crippen molar-refractivity contribution in [3.8, 4) is 5.69 Å². The van der Waals surface area contributed by atoms with Gasteiger partial charge in [0.25, 0.3) is 5.56 Å². The highest BCUT2D eigenvalue weighted by molar-refractivity contribution is 7.99. The summed E-state index contributed by atoms with van der Waals surface area (Å²) in [5, 5.41) is 2.74. The van der Waals surface area contributed by atoms with Gasteiger partial charge in [-0.2, -0.15) is 0 Å². The molecule has 162 valence electrons. The van der Waals surface area contributed by atoms with Crippen molar-refractivity contribution >= 4 is 39.9 Å². The van der Waals surface area contributed by atoms with Crippen LogP contribution in [0.5, 0.6) is 0 Å². The summed E-state index contributed by atoms with van der Waals surface area (Å²) in [6, 6.07) is 17.3. The van der Waals surface area contributed by atoms with Gasteiger partial charge in [-0.25, -0.2) is 9.37 Å². The number of hydrogen-bond donors (Lipinski definition) is 0. The predicted octanol–water partition coefficient (Wildman–Crippen LogP) is 5.04. The summed E-state index contributed by atoms with van der Waals surface area (Å²) in [7, 11) is 0. The minimum absolute atomic E-state index is 0.00612. The molecule has 1 atom stereocenters. The minimum atomic E-state index is -0.517. The van der Waals surface area contributed by atoms with Crippen LogP contribution in [0.1, 0.15) is 23.8 Å². The fourth-order valence-corrected chi connectivity index (χ4v) is 5.87. The molecule has 2 aromatic heterocycles. The van der Waals surface area contributed by atoms with Gasteiger partial charge in [0.05, 0.1) is 28.4 Å². The lowest BCUT2D eigenvalue weighted by molar-refractivity contribution is -0.129. The van der Waals surface area contributed by atoms with Crippen LogP contribution in [-0.2, 0) is 4.79 Å². The second-order valence-corrected chi connectivity index (χ2v) is 9.47. The van der Waals surface area contributed by atoms with Crippen molar-refractivity contribution < 1.29 is 9.18 Å². The van der Waals surface area contributed by atoms with E-state index in [0.717, 1.165) is 12.8 Å². The number of aromatic nitrogens is 2. The topological polar surface area (TPSA) is 55.2 Å². The molecular formula is C24H20FN3O2S2. The Bertz CT molecular complexity index is 1340. The van der Waals surface area contributed by atoms with Crippen LogP contribution in [0, 0.1) is 5.82 Å². The maximum Gasteiger partial charge on any atom is 0.266 e. The molecule has 5 rings (SSSR count). The molecule has 0 saturated carbocycles. The van der Waals surface area contributed by atoms with E-state index in [2.05, 4.69) is 11.1 Å². The molecule has 0 radical (unpaired) electrons. The molecule has 1 aliphatic heterocycles. The highest BCUT2D eigenvalue weighted by Crippen LogP contribution is 2.35. The van der Waals surface area contributed by atoms with E-state index in [-0.39, 0.29) is 28.9 Å². The van der Waals surface area contributed by atoms with Gasteiger partial charge in [-0.15, -0.1) is 11.3 Å². The smallest absolute Gasteiger partial charge is 0.266 e. The van der Waals surface area contributed by atoms with Crippen molar-refractivity contribution in [3.63, 3.8) is 0 Å². The maximum atomic E-state index is 14.6. The Hall–Kier alpha value is -2.97. The first kappa shape index (κ1) is 20.9. The lowest BCUT2D eigenvalue weighted by Gasteiger charge is -2.24. The van der Waals surface area contributed by atoms with Crippen LogP contribution in [0.15, 0.2) is 76.0 Å². The number of benzene rings is 2. The number of rotatable bonds is 5. The second kappa shape index (κ2) is 8.88. The lowest BCUT2D eigenvalue weighted by atomic mass is 10.2. The molecular weight excluding hydrogens is 445 g/mol. The van der Waals surface area contributed by atoms with Gasteiger partial charge in [0, 0.05) is 11.4 Å². The Kier molecular flexibility index (Phi) is 5.80. The first-order valence-electron chi connectivity index (χ1n) is 10.4. The van der Waals surface area contributed by atoms with E-state index in [4.69, 9.17) is 0 Å². The van der Waals surface area contributed by atoms with E-state index in [1.54, 1.807) is 53.8 Å². The summed E-state index contributed by atoms with van der Waals surface area (Å²) >= 11 is 2.83. The normalized spacial score (nSPS) is 16.0. The number of thioether (sulfide) groups is 1. The highest BCUT2D eigenvalue weighted by Gasteiger charge is 2.30. The number of fused-ring (bicyclic) bond motifs is 1. The molecule has 0 N–H and O–H groups in total. The summed E-state index contributed by atoms with van der Waals surface area (Å²) in [6.45, 7) is 0.716. The third-order valence-electron chi connectivity index (χ3n) is 5.61. The van der Waals surface area contributed by atoms with Crippen LogP contribution in [0.25, 0.3) is 16.6 Å². The van der Waals surface area contributed by atoms with Crippen LogP contribution in [0.3, 0.4) is 0 Å². The number of thiophene rings is 1. The number of carbonyl (C=O) groups is 1. The first-order chi connectivity index (χ1) is 15.6. The van der Waals surface area contributed by atoms with Crippen molar-refractivity contribution in [2.24, 2.45) is 0 Å². The van der Waals surface area contributed by atoms with E-state index in [9.17, 15) is 14.0 Å². The summed E-state index contributed by atoms with van der Waals surface area (Å²) < 4.78 is 15.9. The fourth-order valence-electron chi connectivity index (χ4n) is 4.11. The zero-order valence-corrected chi connectivity index (χ0v) is 18.7. The predicted molar refractivity (Wildman–Crippen MR) is 126 cm³/mol. The molecule has 2 aromatic carbocycles. The first-order valence-corrected chi connectivity index (χ1v) is 12.2. The standard InChI is InChI=1S/C24H20FN3O2S2/c25-17-8-2-4-10-19(17)28-23(30)16-7-1-3-9-18(16)26-24(28)32-15-22(29)27-13-5-11-20(27)21-12-6-14-31-21/h1-4,6-10,12,14,20H,5,11,13,15H2. The van der Waals surface area contributed by atoms with E-state index in [1.807, 2.05) is 16.3 Å². The Morgan fingerprint density at radius 1 is 1.12 bits per heavy atom. The van der Waals surface area contributed by atoms with Gasteiger partial charge in [0.15, 0.2) is 5.16 Å². The Morgan fingerprint density at radius 2 is 1.94 bits per heavy atom. The average Bonchev–Trinajstić information content (AvgIpc) is 3.50. The van der Waals surface area contributed by atoms with Crippen LogP contribution >= 0.6 is 23.1 Å². The number of amides is 1. The van der Waals surface area contributed by atoms with Crippen LogP contribution in [0.2, 0.25) is 0 Å². The van der Waals surface area contributed by atoms with E-state index in [0.29, 0.717) is 22.6 Å². The number of para-hydroxylation sites is 2. The third-order valence-corrected chi connectivity index (χ3v) is 7.50. The van der Waals surface area contributed by atoms with Crippen molar-refractivity contribution in [1.29, 1.82) is 0 Å². The molecule has 4 aromatic rings. The summed E-state index contributed by atoms with van der Waals surface area (Å²) in [4.78, 5) is 34.1. The zero-order valence-electron chi connectivity index (χ0n) is 17.1. The van der Waals surface area contributed by atoms with Crippen LogP contribution in [-0.4, -0.2) is 32.7 Å². The molecule has 1 fully saturated rings. The third kappa shape index (κ3) is 3.84. The molecule has 1 saturated heterocycles. The Labute approximate surface area is 192 Å². The molecule has 1 unspecified atom stereocenters. The zero-order chi connectivity index (χ0) is 22.1. The molecule has 8 heteroatoms. The van der Waals surface area contributed by atoms with Gasteiger partial charge in [0.2, 0.25) is 5.91 Å². The molecule has 1 aliphatic rings. The number of likely N-dealkylation sites (tertiary alicyclic amines) is 1. The van der Waals surface area contributed by atoms with Gasteiger partial charge in [-0.3, -0.25) is 14.2 Å². The monoisotopic (exact) mass is 465 g/mol. The highest BCUT2D eigenvalue weighted by atomic mass is 32.2. The minimum Gasteiger partial charge on any atom is -0.334 e. The maximum absolute atomic E-state index is 14.6. The molecule has 3 heterocycles. The molecule has 5 nitrogen and oxygen atoms in total. The SMILES string of the molecule is O=C(CSc1nc2ccccc2c(=O)n1-c1ccccc1F)N1CCCC1c1cccs1. The molecule has 1 amide bonds. The lowest BCUT2D eigenvalue weighted by Crippen LogP contribution is -2.32. The molecule has 0 aliphatic carbocycles. The van der Waals surface area contributed by atoms with Gasteiger partial charge in [-0.05, 0) is 48.6 Å². The molecule has 0 bridgehead atoms. The quantitative estimate of drug-likeness (QED) is 0.306. The summed E-state index contributed by atoms with van der Waals surface area (Å²) in [5.74, 6) is -0.397. The van der Waals surface area contributed by atoms with Crippen molar-refractivity contribution in [3.05, 3.63) is 87.1 Å². The van der Waals surface area contributed by atoms with Crippen molar-refractivity contribution in [2.45, 2.75) is 24.0 Å². The van der Waals surface area contributed by atoms with Crippen molar-refractivity contribution in [2.75, 3.05) is 12.3 Å². The Balaban J connectivity index is 1.49. The average molecular weight is 466 g/mol. The number of carbonyl (C=O) groups excluding carboxylic acids is 1. The van der Waals surface area contributed by atoms with Gasteiger partial charge in [-0.1, -0.05) is 42.1 Å². The number of halogens is 1. The van der Waals surface area contributed by atoms with Crippen LogP contribution < -0.4 is 5.56 Å². The molecule has 0 spiro atoms. The summed E-state index contributed by atoms with van der Waals surface area (Å²) in [5.41, 5.74) is 0.300. The van der Waals surface area contributed by atoms with Crippen molar-refractivity contribution in [1.82, 2.24) is 14.5 Å². The number of nitrogens with zero attached hydrogens (tertiary/aromatic N) is 3. The van der Waals surface area contributed by atoms with E-state index < -0.39 is 5.82 Å². The van der Waals surface area contributed by atoms with E-state index in [1.165, 1.54) is 27.3 Å². The van der Waals surface area contributed by atoms with Gasteiger partial charge >= 0.3 is 0 Å². The largest absolute Gasteiger partial charge is 0.334 e. The fraction of sp³-hybridized carbons (Fsp3) is 0.208. The second-order valence-electron chi connectivity index (χ2n) is 7.55. The van der Waals surface area contributed by atoms with E-state index >= 15 is 0 Å². The number of hydrogen-bond acceptors (Lipinski definition) is 5. The van der Waals surface area contributed by atoms with Gasteiger partial charge in [0.1, 0.15) is 5.82 Å². The summed E-state index contributed by atoms with van der Waals surface area (Å²) in [6.07, 6.45) is 1.91.